The van der Waals surface area contributed by atoms with Gasteiger partial charge in [-0.25, -0.2) is 0 Å². The van der Waals surface area contributed by atoms with Crippen molar-refractivity contribution < 1.29 is 19.4 Å². The van der Waals surface area contributed by atoms with E-state index in [4.69, 9.17) is 9.47 Å². The largest absolute Gasteiger partial charge is 0.486 e. The van der Waals surface area contributed by atoms with Crippen LogP contribution < -0.4 is 9.47 Å². The maximum Gasteiger partial charge on any atom is 0.310 e. The number of carbonyl (C=O) groups is 1. The van der Waals surface area contributed by atoms with E-state index < -0.39 is 11.4 Å². The van der Waals surface area contributed by atoms with Crippen molar-refractivity contribution >= 4 is 5.97 Å². The van der Waals surface area contributed by atoms with Gasteiger partial charge in [0.05, 0.1) is 5.41 Å². The molecule has 0 radical (unpaired) electrons. The topological polar surface area (TPSA) is 59.0 Å². The van der Waals surface area contributed by atoms with E-state index >= 15 is 0 Å². The van der Waals surface area contributed by atoms with Crippen molar-refractivity contribution in [2.24, 2.45) is 11.3 Å². The lowest BCUT2D eigenvalue weighted by Crippen LogP contribution is -2.47. The minimum Gasteiger partial charge on any atom is -0.486 e. The monoisotopic (exact) mass is 331 g/mol. The Hall–Kier alpha value is -1.75. The first kappa shape index (κ1) is 15.8. The summed E-state index contributed by atoms with van der Waals surface area (Å²) in [6.07, 6.45) is 5.04. The molecule has 1 aromatic carbocycles. The Morgan fingerprint density at radius 1 is 1.25 bits per heavy atom. The molecule has 3 aliphatic rings. The smallest absolute Gasteiger partial charge is 0.310 e. The maximum absolute atomic E-state index is 12.0. The minimum absolute atomic E-state index is 0.548. The molecule has 2 heterocycles. The summed E-state index contributed by atoms with van der Waals surface area (Å²) in [4.78, 5) is 14.3. The average Bonchev–Trinajstić information content (AvgIpc) is 3.39. The van der Waals surface area contributed by atoms with E-state index in [1.165, 1.54) is 12.8 Å². The molecule has 1 aromatic rings. The van der Waals surface area contributed by atoms with Crippen LogP contribution in [0.15, 0.2) is 18.2 Å². The molecular weight excluding hydrogens is 306 g/mol. The third kappa shape index (κ3) is 3.22. The van der Waals surface area contributed by atoms with E-state index in [9.17, 15) is 9.90 Å². The molecule has 1 saturated heterocycles. The van der Waals surface area contributed by atoms with E-state index in [0.717, 1.165) is 49.4 Å². The van der Waals surface area contributed by atoms with Gasteiger partial charge in [0, 0.05) is 13.1 Å². The lowest BCUT2D eigenvalue weighted by atomic mass is 9.75. The van der Waals surface area contributed by atoms with Crippen LogP contribution in [0.1, 0.15) is 37.7 Å². The molecule has 1 saturated carbocycles. The highest BCUT2D eigenvalue weighted by atomic mass is 16.6. The minimum atomic E-state index is -0.610. The molecule has 130 valence electrons. The molecule has 2 aliphatic heterocycles. The van der Waals surface area contributed by atoms with Gasteiger partial charge in [-0.1, -0.05) is 18.9 Å². The highest BCUT2D eigenvalue weighted by molar-refractivity contribution is 5.75. The number of benzene rings is 1. The van der Waals surface area contributed by atoms with Gasteiger partial charge in [0.1, 0.15) is 13.2 Å². The number of likely N-dealkylation sites (tertiary alicyclic amines) is 1. The standard InChI is InChI=1S/C19H25NO4/c21-18(22)19(11-14-2-3-14)6-1-7-20(13-19)12-15-4-5-16-17(10-15)24-9-8-23-16/h4-5,10,14H,1-3,6-9,11-13H2,(H,21,22)/t19-/m0/s1. The molecule has 5 heteroatoms. The number of piperidine rings is 1. The molecule has 1 N–H and O–H groups in total. The second-order valence-electron chi connectivity index (χ2n) is 7.53. The van der Waals surface area contributed by atoms with Crippen molar-refractivity contribution in [1.82, 2.24) is 4.90 Å². The van der Waals surface area contributed by atoms with E-state index in [-0.39, 0.29) is 0 Å². The molecule has 1 atom stereocenters. The van der Waals surface area contributed by atoms with Crippen LogP contribution in [0.5, 0.6) is 11.5 Å². The van der Waals surface area contributed by atoms with Gasteiger partial charge in [0.2, 0.25) is 0 Å². The van der Waals surface area contributed by atoms with Crippen LogP contribution in [0.2, 0.25) is 0 Å². The van der Waals surface area contributed by atoms with Crippen LogP contribution in [-0.2, 0) is 11.3 Å². The zero-order chi connectivity index (χ0) is 16.6. The molecular formula is C19H25NO4. The Bertz CT molecular complexity index is 628. The number of aliphatic carboxylic acids is 1. The Labute approximate surface area is 142 Å². The molecule has 0 amide bonds. The Balaban J connectivity index is 1.46. The molecule has 4 rings (SSSR count). The van der Waals surface area contributed by atoms with Gasteiger partial charge in [-0.3, -0.25) is 9.69 Å². The molecule has 2 fully saturated rings. The molecule has 5 nitrogen and oxygen atoms in total. The molecule has 0 aromatic heterocycles. The molecule has 0 unspecified atom stereocenters. The van der Waals surface area contributed by atoms with Crippen molar-refractivity contribution in [3.05, 3.63) is 23.8 Å². The van der Waals surface area contributed by atoms with Gasteiger partial charge < -0.3 is 14.6 Å². The molecule has 24 heavy (non-hydrogen) atoms. The quantitative estimate of drug-likeness (QED) is 0.899. The summed E-state index contributed by atoms with van der Waals surface area (Å²) in [7, 11) is 0. The normalized spacial score (nSPS) is 27.0. The lowest BCUT2D eigenvalue weighted by molar-refractivity contribution is -0.153. The fourth-order valence-corrected chi connectivity index (χ4v) is 4.11. The molecule has 0 spiro atoms. The summed E-state index contributed by atoms with van der Waals surface area (Å²) in [5.41, 5.74) is 0.611. The summed E-state index contributed by atoms with van der Waals surface area (Å²) in [5.74, 6) is 1.63. The Kier molecular flexibility index (Phi) is 4.12. The predicted octanol–water partition coefficient (Wildman–Crippen LogP) is 2.92. The van der Waals surface area contributed by atoms with Gasteiger partial charge >= 0.3 is 5.97 Å². The summed E-state index contributed by atoms with van der Waals surface area (Å²) in [6, 6.07) is 6.06. The number of carboxylic acids is 1. The van der Waals surface area contributed by atoms with Crippen LogP contribution in [-0.4, -0.2) is 42.3 Å². The third-order valence-corrected chi connectivity index (χ3v) is 5.50. The number of hydrogen-bond acceptors (Lipinski definition) is 4. The lowest BCUT2D eigenvalue weighted by Gasteiger charge is -2.40. The number of nitrogens with zero attached hydrogens (tertiary/aromatic N) is 1. The van der Waals surface area contributed by atoms with Crippen LogP contribution in [0, 0.1) is 11.3 Å². The second-order valence-corrected chi connectivity index (χ2v) is 7.53. The summed E-state index contributed by atoms with van der Waals surface area (Å²) < 4.78 is 11.2. The fourth-order valence-electron chi connectivity index (χ4n) is 4.11. The first-order valence-corrected chi connectivity index (χ1v) is 8.99. The van der Waals surface area contributed by atoms with Gasteiger partial charge in [-0.05, 0) is 49.4 Å². The van der Waals surface area contributed by atoms with Crippen LogP contribution >= 0.6 is 0 Å². The van der Waals surface area contributed by atoms with Crippen LogP contribution in [0.25, 0.3) is 0 Å². The van der Waals surface area contributed by atoms with E-state index in [1.807, 2.05) is 12.1 Å². The van der Waals surface area contributed by atoms with Crippen molar-refractivity contribution in [3.63, 3.8) is 0 Å². The van der Waals surface area contributed by atoms with Crippen LogP contribution in [0.3, 0.4) is 0 Å². The van der Waals surface area contributed by atoms with Crippen LogP contribution in [0.4, 0.5) is 0 Å². The Morgan fingerprint density at radius 2 is 2.04 bits per heavy atom. The predicted molar refractivity (Wildman–Crippen MR) is 89.4 cm³/mol. The SMILES string of the molecule is O=C(O)[C@]1(CC2CC2)CCCN(Cc2ccc3c(c2)OCCO3)C1. The second kappa shape index (κ2) is 6.28. The number of ether oxygens (including phenoxy) is 2. The summed E-state index contributed by atoms with van der Waals surface area (Å²) >= 11 is 0. The zero-order valence-electron chi connectivity index (χ0n) is 14.0. The van der Waals surface area contributed by atoms with Crippen molar-refractivity contribution in [2.45, 2.75) is 38.6 Å². The molecule has 0 bridgehead atoms. The number of fused-ring (bicyclic) bond motifs is 1. The maximum atomic E-state index is 12.0. The number of rotatable bonds is 5. The van der Waals surface area contributed by atoms with E-state index in [2.05, 4.69) is 11.0 Å². The first-order chi connectivity index (χ1) is 11.6. The number of carboxylic acid groups (broad SMARTS) is 1. The van der Waals surface area contributed by atoms with E-state index in [0.29, 0.717) is 25.7 Å². The van der Waals surface area contributed by atoms with Gasteiger partial charge in [-0.2, -0.15) is 0 Å². The third-order valence-electron chi connectivity index (χ3n) is 5.50. The van der Waals surface area contributed by atoms with E-state index in [1.54, 1.807) is 0 Å². The highest BCUT2D eigenvalue weighted by Gasteiger charge is 2.45. The summed E-state index contributed by atoms with van der Waals surface area (Å²) in [6.45, 7) is 3.59. The van der Waals surface area contributed by atoms with Gasteiger partial charge in [-0.15, -0.1) is 0 Å². The van der Waals surface area contributed by atoms with Gasteiger partial charge in [0.25, 0.3) is 0 Å². The first-order valence-electron chi connectivity index (χ1n) is 8.99. The van der Waals surface area contributed by atoms with Crippen molar-refractivity contribution in [3.8, 4) is 11.5 Å². The summed E-state index contributed by atoms with van der Waals surface area (Å²) in [5, 5.41) is 9.84. The number of hydrogen-bond donors (Lipinski definition) is 1. The van der Waals surface area contributed by atoms with Gasteiger partial charge in [0.15, 0.2) is 11.5 Å². The molecule has 1 aliphatic carbocycles. The average molecular weight is 331 g/mol. The van der Waals surface area contributed by atoms with Crippen molar-refractivity contribution in [2.75, 3.05) is 26.3 Å². The highest BCUT2D eigenvalue weighted by Crippen LogP contribution is 2.45. The fraction of sp³-hybridized carbons (Fsp3) is 0.632. The zero-order valence-corrected chi connectivity index (χ0v) is 14.0. The Morgan fingerprint density at radius 3 is 2.79 bits per heavy atom. The van der Waals surface area contributed by atoms with Crippen molar-refractivity contribution in [1.29, 1.82) is 0 Å².